The highest BCUT2D eigenvalue weighted by atomic mass is 32.2. The van der Waals surface area contributed by atoms with E-state index in [2.05, 4.69) is 0 Å². The van der Waals surface area contributed by atoms with Crippen molar-refractivity contribution >= 4 is 17.7 Å². The molecular weight excluding hydrogens is 351 g/mol. The molecule has 0 aromatic heterocycles. The van der Waals surface area contributed by atoms with E-state index in [1.807, 2.05) is 13.8 Å². The lowest BCUT2D eigenvalue weighted by Gasteiger charge is -2.24. The number of rotatable bonds is 9. The third kappa shape index (κ3) is 9.69. The molecule has 0 fully saturated rings. The van der Waals surface area contributed by atoms with Gasteiger partial charge in [-0.15, -0.1) is 11.8 Å². The molecule has 0 aliphatic heterocycles. The Labute approximate surface area is 144 Å². The molecule has 0 radical (unpaired) electrons. The van der Waals surface area contributed by atoms with Crippen LogP contribution in [0.15, 0.2) is 0 Å². The quantitative estimate of drug-likeness (QED) is 0.286. The molecule has 144 valence electrons. The molecular formula is C16H27F5O2S. The summed E-state index contributed by atoms with van der Waals surface area (Å²) in [7, 11) is 0. The van der Waals surface area contributed by atoms with Gasteiger partial charge in [0.05, 0.1) is 0 Å². The first kappa shape index (κ1) is 23.5. The molecule has 0 saturated heterocycles. The van der Waals surface area contributed by atoms with Crippen LogP contribution in [0.2, 0.25) is 0 Å². The van der Waals surface area contributed by atoms with Gasteiger partial charge in [0.1, 0.15) is 10.9 Å². The topological polar surface area (TPSA) is 26.3 Å². The SMILES string of the molecule is CC(C)CC(SCCCCC(F)(F)C(F)(F)F)C(=O)OC(C)(C)C. The largest absolute Gasteiger partial charge is 0.459 e. The fraction of sp³-hybridized carbons (Fsp3) is 0.938. The maximum absolute atomic E-state index is 12.8. The molecule has 0 aromatic rings. The minimum Gasteiger partial charge on any atom is -0.459 e. The highest BCUT2D eigenvalue weighted by Gasteiger charge is 2.56. The third-order valence-corrected chi connectivity index (χ3v) is 4.29. The first-order valence-corrected chi connectivity index (χ1v) is 8.99. The Hall–Kier alpha value is -0.530. The van der Waals surface area contributed by atoms with Crippen LogP contribution in [0.25, 0.3) is 0 Å². The number of carbonyl (C=O) groups excluding carboxylic acids is 1. The summed E-state index contributed by atoms with van der Waals surface area (Å²) >= 11 is 1.26. The molecule has 0 aliphatic carbocycles. The number of carbonyl (C=O) groups is 1. The Kier molecular flexibility index (Phi) is 9.04. The van der Waals surface area contributed by atoms with E-state index in [9.17, 15) is 26.7 Å². The summed E-state index contributed by atoms with van der Waals surface area (Å²) in [6.07, 6.45) is -6.22. The predicted molar refractivity (Wildman–Crippen MR) is 86.4 cm³/mol. The third-order valence-electron chi connectivity index (χ3n) is 2.97. The second kappa shape index (κ2) is 9.25. The first-order valence-electron chi connectivity index (χ1n) is 7.95. The van der Waals surface area contributed by atoms with Crippen molar-refractivity contribution in [3.05, 3.63) is 0 Å². The maximum atomic E-state index is 12.8. The molecule has 1 atom stereocenters. The average Bonchev–Trinajstić information content (AvgIpc) is 2.32. The van der Waals surface area contributed by atoms with Gasteiger partial charge in [-0.1, -0.05) is 13.8 Å². The van der Waals surface area contributed by atoms with Gasteiger partial charge in [0.15, 0.2) is 0 Å². The van der Waals surface area contributed by atoms with Crippen LogP contribution in [0, 0.1) is 5.92 Å². The van der Waals surface area contributed by atoms with Crippen LogP contribution < -0.4 is 0 Å². The zero-order valence-corrected chi connectivity index (χ0v) is 15.6. The highest BCUT2D eigenvalue weighted by Crippen LogP contribution is 2.39. The molecule has 0 N–H and O–H groups in total. The van der Waals surface area contributed by atoms with Gasteiger partial charge >= 0.3 is 18.1 Å². The zero-order chi connectivity index (χ0) is 19.2. The zero-order valence-electron chi connectivity index (χ0n) is 14.8. The highest BCUT2D eigenvalue weighted by molar-refractivity contribution is 8.00. The van der Waals surface area contributed by atoms with Crippen molar-refractivity contribution in [3.63, 3.8) is 0 Å². The molecule has 24 heavy (non-hydrogen) atoms. The monoisotopic (exact) mass is 378 g/mol. The number of ether oxygens (including phenoxy) is 1. The number of esters is 1. The molecule has 0 amide bonds. The van der Waals surface area contributed by atoms with Gasteiger partial charge in [0.25, 0.3) is 0 Å². The van der Waals surface area contributed by atoms with Gasteiger partial charge in [-0.05, 0) is 51.7 Å². The van der Waals surface area contributed by atoms with Gasteiger partial charge in [-0.2, -0.15) is 22.0 Å². The molecule has 2 nitrogen and oxygen atoms in total. The summed E-state index contributed by atoms with van der Waals surface area (Å²) < 4.78 is 67.1. The molecule has 0 aromatic carbocycles. The lowest BCUT2D eigenvalue weighted by Crippen LogP contribution is -2.36. The normalized spacial score (nSPS) is 14.8. The molecule has 0 spiro atoms. The van der Waals surface area contributed by atoms with E-state index in [1.165, 1.54) is 11.8 Å². The van der Waals surface area contributed by atoms with Crippen LogP contribution in [0.5, 0.6) is 0 Å². The molecule has 0 heterocycles. The van der Waals surface area contributed by atoms with Crippen molar-refractivity contribution in [2.75, 3.05) is 5.75 Å². The molecule has 0 saturated carbocycles. The van der Waals surface area contributed by atoms with Gasteiger partial charge in [0.2, 0.25) is 0 Å². The second-order valence-electron chi connectivity index (χ2n) is 7.18. The van der Waals surface area contributed by atoms with E-state index in [-0.39, 0.29) is 24.7 Å². The van der Waals surface area contributed by atoms with E-state index >= 15 is 0 Å². The number of thioether (sulfide) groups is 1. The molecule has 0 bridgehead atoms. The predicted octanol–water partition coefficient (Wildman–Crippen LogP) is 5.84. The van der Waals surface area contributed by atoms with Crippen molar-refractivity contribution in [3.8, 4) is 0 Å². The van der Waals surface area contributed by atoms with Crippen LogP contribution in [0.3, 0.4) is 0 Å². The first-order chi connectivity index (χ1) is 10.7. The number of hydrogen-bond donors (Lipinski definition) is 0. The molecule has 0 aliphatic rings. The number of hydrogen-bond acceptors (Lipinski definition) is 3. The summed E-state index contributed by atoms with van der Waals surface area (Å²) in [6.45, 7) is 9.15. The Bertz CT molecular complexity index is 389. The summed E-state index contributed by atoms with van der Waals surface area (Å²) in [4.78, 5) is 12.1. The van der Waals surface area contributed by atoms with Crippen molar-refractivity contribution < 1.29 is 31.5 Å². The second-order valence-corrected chi connectivity index (χ2v) is 8.49. The van der Waals surface area contributed by atoms with E-state index in [4.69, 9.17) is 4.74 Å². The van der Waals surface area contributed by atoms with E-state index < -0.39 is 29.4 Å². The minimum atomic E-state index is -5.50. The van der Waals surface area contributed by atoms with Gasteiger partial charge in [0, 0.05) is 6.42 Å². The van der Waals surface area contributed by atoms with Crippen LogP contribution in [-0.2, 0) is 9.53 Å². The molecule has 1 unspecified atom stereocenters. The standard InChI is InChI=1S/C16H27F5O2S/c1-11(2)10-12(13(22)23-14(3,4)5)24-9-7-6-8-15(17,18)16(19,20)21/h11-12H,6-10H2,1-5H3. The Morgan fingerprint density at radius 2 is 1.58 bits per heavy atom. The summed E-state index contributed by atoms with van der Waals surface area (Å²) in [5.41, 5.74) is -0.623. The van der Waals surface area contributed by atoms with Gasteiger partial charge < -0.3 is 4.74 Å². The maximum Gasteiger partial charge on any atom is 0.453 e. The number of alkyl halides is 5. The number of unbranched alkanes of at least 4 members (excludes halogenated alkanes) is 1. The summed E-state index contributed by atoms with van der Waals surface area (Å²) in [6, 6.07) is 0. The smallest absolute Gasteiger partial charge is 0.453 e. The Morgan fingerprint density at radius 3 is 2.00 bits per heavy atom. The summed E-state index contributed by atoms with van der Waals surface area (Å²) in [5.74, 6) is -4.45. The lowest BCUT2D eigenvalue weighted by atomic mass is 10.1. The van der Waals surface area contributed by atoms with Crippen LogP contribution in [0.1, 0.15) is 60.3 Å². The minimum absolute atomic E-state index is 0.188. The fourth-order valence-corrected chi connectivity index (χ4v) is 3.20. The average molecular weight is 378 g/mol. The molecule has 0 rings (SSSR count). The fourth-order valence-electron chi connectivity index (χ4n) is 1.84. The molecule has 8 heteroatoms. The van der Waals surface area contributed by atoms with Crippen LogP contribution >= 0.6 is 11.8 Å². The van der Waals surface area contributed by atoms with E-state index in [0.717, 1.165) is 0 Å². The Balaban J connectivity index is 4.37. The lowest BCUT2D eigenvalue weighted by molar-refractivity contribution is -0.284. The van der Waals surface area contributed by atoms with Crippen molar-refractivity contribution in [2.24, 2.45) is 5.92 Å². The van der Waals surface area contributed by atoms with Gasteiger partial charge in [-0.3, -0.25) is 4.79 Å². The van der Waals surface area contributed by atoms with Crippen LogP contribution in [-0.4, -0.2) is 34.7 Å². The van der Waals surface area contributed by atoms with E-state index in [1.54, 1.807) is 20.8 Å². The Morgan fingerprint density at radius 1 is 1.04 bits per heavy atom. The van der Waals surface area contributed by atoms with Crippen LogP contribution in [0.4, 0.5) is 22.0 Å². The number of halogens is 5. The van der Waals surface area contributed by atoms with Crippen molar-refractivity contribution in [1.82, 2.24) is 0 Å². The van der Waals surface area contributed by atoms with E-state index in [0.29, 0.717) is 12.2 Å². The van der Waals surface area contributed by atoms with Crippen molar-refractivity contribution in [2.45, 2.75) is 83.3 Å². The van der Waals surface area contributed by atoms with Gasteiger partial charge in [-0.25, -0.2) is 0 Å². The summed E-state index contributed by atoms with van der Waals surface area (Å²) in [5, 5.41) is -0.438. The van der Waals surface area contributed by atoms with Crippen molar-refractivity contribution in [1.29, 1.82) is 0 Å².